The van der Waals surface area contributed by atoms with Crippen molar-refractivity contribution in [1.82, 2.24) is 0 Å². The van der Waals surface area contributed by atoms with Gasteiger partial charge < -0.3 is 10.5 Å². The van der Waals surface area contributed by atoms with Crippen LogP contribution >= 0.6 is 0 Å². The first-order valence-corrected chi connectivity index (χ1v) is 6.91. The van der Waals surface area contributed by atoms with Crippen molar-refractivity contribution in [3.8, 4) is 16.9 Å². The van der Waals surface area contributed by atoms with Gasteiger partial charge in [-0.15, -0.1) is 0 Å². The molecule has 0 spiro atoms. The molecule has 0 aliphatic carbocycles. The molecule has 118 valence electrons. The molecule has 2 N–H and O–H groups in total. The highest BCUT2D eigenvalue weighted by Gasteiger charge is 2.29. The van der Waals surface area contributed by atoms with Crippen molar-refractivity contribution < 1.29 is 17.9 Å². The van der Waals surface area contributed by atoms with Crippen molar-refractivity contribution in [2.45, 2.75) is 25.6 Å². The lowest BCUT2D eigenvalue weighted by molar-refractivity contribution is -0.137. The summed E-state index contributed by atoms with van der Waals surface area (Å²) in [6.45, 7) is 1.89. The first kappa shape index (κ1) is 16.4. The summed E-state index contributed by atoms with van der Waals surface area (Å²) in [4.78, 5) is 0. The Labute approximate surface area is 127 Å². The van der Waals surface area contributed by atoms with Gasteiger partial charge in [0.2, 0.25) is 0 Å². The minimum absolute atomic E-state index is 0.0308. The SMILES string of the molecule is COc1ccc(-c2ccc(C(F)(F)F)cc2)cc1CC(C)N. The Bertz CT molecular complexity index is 633. The van der Waals surface area contributed by atoms with Gasteiger partial charge in [0, 0.05) is 6.04 Å². The lowest BCUT2D eigenvalue weighted by Gasteiger charge is -2.13. The van der Waals surface area contributed by atoms with E-state index < -0.39 is 11.7 Å². The molecule has 1 atom stereocenters. The maximum atomic E-state index is 12.6. The second kappa shape index (κ2) is 6.40. The van der Waals surface area contributed by atoms with E-state index in [2.05, 4.69) is 0 Å². The van der Waals surface area contributed by atoms with E-state index in [-0.39, 0.29) is 6.04 Å². The van der Waals surface area contributed by atoms with Crippen molar-refractivity contribution in [3.05, 3.63) is 53.6 Å². The molecule has 1 unspecified atom stereocenters. The van der Waals surface area contributed by atoms with Crippen LogP contribution in [0.25, 0.3) is 11.1 Å². The summed E-state index contributed by atoms with van der Waals surface area (Å²) in [5.74, 6) is 0.730. The maximum Gasteiger partial charge on any atom is 0.416 e. The van der Waals surface area contributed by atoms with Crippen molar-refractivity contribution in [2.75, 3.05) is 7.11 Å². The van der Waals surface area contributed by atoms with Crippen LogP contribution < -0.4 is 10.5 Å². The standard InChI is InChI=1S/C17H18F3NO/c1-11(21)9-14-10-13(5-8-16(14)22-2)12-3-6-15(7-4-12)17(18,19)20/h3-8,10-11H,9,21H2,1-2H3. The van der Waals surface area contributed by atoms with Crippen molar-refractivity contribution in [1.29, 1.82) is 0 Å². The monoisotopic (exact) mass is 309 g/mol. The predicted octanol–water partition coefficient (Wildman–Crippen LogP) is 4.27. The van der Waals surface area contributed by atoms with Gasteiger partial charge in [-0.2, -0.15) is 13.2 Å². The van der Waals surface area contributed by atoms with Crippen LogP contribution in [-0.4, -0.2) is 13.2 Å². The highest BCUT2D eigenvalue weighted by Crippen LogP contribution is 2.32. The molecule has 0 saturated carbocycles. The first-order valence-electron chi connectivity index (χ1n) is 6.91. The van der Waals surface area contributed by atoms with Crippen LogP contribution in [0.3, 0.4) is 0 Å². The van der Waals surface area contributed by atoms with Crippen LogP contribution in [-0.2, 0) is 12.6 Å². The topological polar surface area (TPSA) is 35.2 Å². The molecule has 0 amide bonds. The Morgan fingerprint density at radius 2 is 1.64 bits per heavy atom. The zero-order chi connectivity index (χ0) is 16.3. The molecular formula is C17H18F3NO. The number of methoxy groups -OCH3 is 1. The third kappa shape index (κ3) is 3.80. The van der Waals surface area contributed by atoms with Gasteiger partial charge in [0.1, 0.15) is 5.75 Å². The smallest absolute Gasteiger partial charge is 0.416 e. The van der Waals surface area contributed by atoms with Gasteiger partial charge in [0.15, 0.2) is 0 Å². The Morgan fingerprint density at radius 1 is 1.05 bits per heavy atom. The third-order valence-corrected chi connectivity index (χ3v) is 3.37. The van der Waals surface area contributed by atoms with E-state index in [0.29, 0.717) is 6.42 Å². The normalized spacial score (nSPS) is 13.0. The van der Waals surface area contributed by atoms with E-state index in [9.17, 15) is 13.2 Å². The summed E-state index contributed by atoms with van der Waals surface area (Å²) in [7, 11) is 1.58. The van der Waals surface area contributed by atoms with E-state index in [0.717, 1.165) is 34.6 Å². The molecule has 5 heteroatoms. The zero-order valence-electron chi connectivity index (χ0n) is 12.4. The molecule has 0 saturated heterocycles. The second-order valence-corrected chi connectivity index (χ2v) is 5.28. The summed E-state index contributed by atoms with van der Waals surface area (Å²) in [5, 5.41) is 0. The lowest BCUT2D eigenvalue weighted by Crippen LogP contribution is -2.18. The molecule has 0 aliphatic heterocycles. The Balaban J connectivity index is 2.36. The van der Waals surface area contributed by atoms with E-state index in [1.165, 1.54) is 12.1 Å². The fraction of sp³-hybridized carbons (Fsp3) is 0.294. The zero-order valence-corrected chi connectivity index (χ0v) is 12.4. The molecule has 0 aliphatic rings. The number of hydrogen-bond donors (Lipinski definition) is 1. The van der Waals surface area contributed by atoms with E-state index >= 15 is 0 Å². The minimum atomic E-state index is -4.32. The van der Waals surface area contributed by atoms with Gasteiger partial charge in [0.05, 0.1) is 12.7 Å². The first-order chi connectivity index (χ1) is 10.3. The minimum Gasteiger partial charge on any atom is -0.496 e. The Kier molecular flexibility index (Phi) is 4.76. The average molecular weight is 309 g/mol. The van der Waals surface area contributed by atoms with Crippen LogP contribution in [0.1, 0.15) is 18.1 Å². The fourth-order valence-corrected chi connectivity index (χ4v) is 2.32. The fourth-order valence-electron chi connectivity index (χ4n) is 2.32. The maximum absolute atomic E-state index is 12.6. The molecule has 0 radical (unpaired) electrons. The molecule has 2 aromatic carbocycles. The van der Waals surface area contributed by atoms with Crippen LogP contribution in [0.2, 0.25) is 0 Å². The van der Waals surface area contributed by atoms with E-state index in [4.69, 9.17) is 10.5 Å². The summed E-state index contributed by atoms with van der Waals surface area (Å²) in [6, 6.07) is 10.6. The summed E-state index contributed by atoms with van der Waals surface area (Å²) in [6.07, 6.45) is -3.68. The molecule has 22 heavy (non-hydrogen) atoms. The van der Waals surface area contributed by atoms with Gasteiger partial charge in [-0.05, 0) is 54.3 Å². The van der Waals surface area contributed by atoms with Crippen LogP contribution in [0.5, 0.6) is 5.75 Å². The molecule has 2 rings (SSSR count). The summed E-state index contributed by atoms with van der Waals surface area (Å²) in [5.41, 5.74) is 7.67. The number of ether oxygens (including phenoxy) is 1. The Hall–Kier alpha value is -2.01. The highest BCUT2D eigenvalue weighted by molar-refractivity contribution is 5.66. The largest absolute Gasteiger partial charge is 0.496 e. The second-order valence-electron chi connectivity index (χ2n) is 5.28. The van der Waals surface area contributed by atoms with Gasteiger partial charge in [-0.25, -0.2) is 0 Å². The molecule has 2 aromatic rings. The highest BCUT2D eigenvalue weighted by atomic mass is 19.4. The summed E-state index contributed by atoms with van der Waals surface area (Å²) < 4.78 is 43.1. The average Bonchev–Trinajstić information content (AvgIpc) is 2.46. The predicted molar refractivity (Wildman–Crippen MR) is 80.8 cm³/mol. The van der Waals surface area contributed by atoms with Crippen molar-refractivity contribution in [2.24, 2.45) is 5.73 Å². The van der Waals surface area contributed by atoms with Gasteiger partial charge >= 0.3 is 6.18 Å². The molecule has 0 fully saturated rings. The third-order valence-electron chi connectivity index (χ3n) is 3.37. The van der Waals surface area contributed by atoms with E-state index in [1.807, 2.05) is 25.1 Å². The lowest BCUT2D eigenvalue weighted by atomic mass is 9.98. The molecule has 0 bridgehead atoms. The Morgan fingerprint density at radius 3 is 2.14 bits per heavy atom. The molecule has 0 heterocycles. The number of benzene rings is 2. The summed E-state index contributed by atoms with van der Waals surface area (Å²) >= 11 is 0. The van der Waals surface area contributed by atoms with Gasteiger partial charge in [-0.3, -0.25) is 0 Å². The van der Waals surface area contributed by atoms with Crippen LogP contribution in [0.4, 0.5) is 13.2 Å². The number of nitrogens with two attached hydrogens (primary N) is 1. The molecular weight excluding hydrogens is 291 g/mol. The number of halogens is 3. The quantitative estimate of drug-likeness (QED) is 0.915. The number of hydrogen-bond acceptors (Lipinski definition) is 2. The van der Waals surface area contributed by atoms with E-state index in [1.54, 1.807) is 7.11 Å². The number of rotatable bonds is 4. The van der Waals surface area contributed by atoms with Gasteiger partial charge in [0.25, 0.3) is 0 Å². The molecule has 2 nitrogen and oxygen atoms in total. The van der Waals surface area contributed by atoms with Crippen molar-refractivity contribution >= 4 is 0 Å². The van der Waals surface area contributed by atoms with Crippen LogP contribution in [0.15, 0.2) is 42.5 Å². The van der Waals surface area contributed by atoms with Crippen LogP contribution in [0, 0.1) is 0 Å². The van der Waals surface area contributed by atoms with Gasteiger partial charge in [-0.1, -0.05) is 18.2 Å². The molecule has 0 aromatic heterocycles. The number of alkyl halides is 3. The van der Waals surface area contributed by atoms with Crippen molar-refractivity contribution in [3.63, 3.8) is 0 Å².